The second kappa shape index (κ2) is 4.63. The molecule has 0 saturated carbocycles. The molecule has 2 rings (SSSR count). The topological polar surface area (TPSA) is 40.9 Å². The molecule has 0 spiro atoms. The molecule has 17 heavy (non-hydrogen) atoms. The molecule has 0 aliphatic carbocycles. The van der Waals surface area contributed by atoms with E-state index in [0.29, 0.717) is 9.79 Å². The highest BCUT2D eigenvalue weighted by molar-refractivity contribution is 9.10. The van der Waals surface area contributed by atoms with Gasteiger partial charge in [-0.15, -0.1) is 0 Å². The first-order chi connectivity index (χ1) is 8.00. The van der Waals surface area contributed by atoms with E-state index >= 15 is 0 Å². The van der Waals surface area contributed by atoms with Crippen molar-refractivity contribution in [1.82, 2.24) is 0 Å². The summed E-state index contributed by atoms with van der Waals surface area (Å²) in [5.74, 6) is 0. The Morgan fingerprint density at radius 2 is 1.35 bits per heavy atom. The first-order valence-corrected chi connectivity index (χ1v) is 7.46. The maximum Gasteiger partial charge on any atom is 0.101 e. The largest absolute Gasteiger partial charge is 0.245 e. The van der Waals surface area contributed by atoms with Gasteiger partial charge in [0.05, 0.1) is 9.79 Å². The Bertz CT molecular complexity index is 564. The van der Waals surface area contributed by atoms with Gasteiger partial charge in [0.1, 0.15) is 9.73 Å². The van der Waals surface area contributed by atoms with Gasteiger partial charge in [-0.3, -0.25) is 0 Å². The molecule has 1 N–H and O–H groups in total. The minimum absolute atomic E-state index is 0.532. The zero-order valence-corrected chi connectivity index (χ0v) is 11.7. The summed E-state index contributed by atoms with van der Waals surface area (Å²) < 4.78 is 21.4. The number of rotatable bonds is 2. The molecule has 0 amide bonds. The zero-order valence-electron chi connectivity index (χ0n) is 9.31. The van der Waals surface area contributed by atoms with Crippen LogP contribution in [0.5, 0.6) is 0 Å². The van der Waals surface area contributed by atoms with Gasteiger partial charge in [-0.05, 0) is 43.3 Å². The van der Waals surface area contributed by atoms with E-state index in [1.165, 1.54) is 0 Å². The lowest BCUT2D eigenvalue weighted by atomic mass is 10.2. The Morgan fingerprint density at radius 3 is 1.82 bits per heavy atom. The van der Waals surface area contributed by atoms with Crippen molar-refractivity contribution in [2.75, 3.05) is 0 Å². The minimum Gasteiger partial charge on any atom is -0.245 e. The predicted molar refractivity (Wildman–Crippen MR) is 72.7 cm³/mol. The monoisotopic (exact) mass is 309 g/mol. The van der Waals surface area contributed by atoms with Crippen molar-refractivity contribution in [2.24, 2.45) is 0 Å². The summed E-state index contributed by atoms with van der Waals surface area (Å²) in [4.78, 5) is 1.08. The van der Waals surface area contributed by atoms with Crippen molar-refractivity contribution < 1.29 is 4.21 Å². The fourth-order valence-corrected chi connectivity index (χ4v) is 3.07. The van der Waals surface area contributed by atoms with Crippen LogP contribution in [0.15, 0.2) is 62.8 Å². The number of hydrogen-bond donors (Lipinski definition) is 1. The Morgan fingerprint density at radius 1 is 0.941 bits per heavy atom. The molecule has 0 aliphatic heterocycles. The lowest BCUT2D eigenvalue weighted by molar-refractivity contribution is 0.674. The van der Waals surface area contributed by atoms with Crippen LogP contribution in [-0.2, 0) is 9.73 Å². The summed E-state index contributed by atoms with van der Waals surface area (Å²) in [6.45, 7) is 1.97. The Kier molecular flexibility index (Phi) is 3.35. The van der Waals surface area contributed by atoms with Crippen LogP contribution in [0.1, 0.15) is 5.56 Å². The molecule has 0 aliphatic rings. The molecule has 2 aromatic carbocycles. The van der Waals surface area contributed by atoms with Crippen molar-refractivity contribution >= 4 is 25.7 Å². The van der Waals surface area contributed by atoms with Crippen LogP contribution in [-0.4, -0.2) is 4.21 Å². The SMILES string of the molecule is Cc1ccc(S(=N)(=O)c2ccc(Br)cc2)cc1. The van der Waals surface area contributed by atoms with Crippen molar-refractivity contribution in [1.29, 1.82) is 4.78 Å². The van der Waals surface area contributed by atoms with Crippen LogP contribution in [0, 0.1) is 11.7 Å². The number of halogens is 1. The highest BCUT2D eigenvalue weighted by Crippen LogP contribution is 2.23. The third kappa shape index (κ3) is 2.58. The lowest BCUT2D eigenvalue weighted by Gasteiger charge is -2.08. The molecular formula is C13H12BrNOS. The second-order valence-electron chi connectivity index (χ2n) is 3.82. The average molecular weight is 310 g/mol. The molecule has 0 fully saturated rings. The van der Waals surface area contributed by atoms with Crippen LogP contribution < -0.4 is 0 Å². The van der Waals surface area contributed by atoms with Gasteiger partial charge in [-0.2, -0.15) is 0 Å². The van der Waals surface area contributed by atoms with Gasteiger partial charge in [0.2, 0.25) is 0 Å². The fourth-order valence-electron chi connectivity index (χ4n) is 1.49. The van der Waals surface area contributed by atoms with Gasteiger partial charge in [0, 0.05) is 4.47 Å². The van der Waals surface area contributed by atoms with Crippen LogP contribution in [0.3, 0.4) is 0 Å². The highest BCUT2D eigenvalue weighted by atomic mass is 79.9. The summed E-state index contributed by atoms with van der Waals surface area (Å²) in [7, 11) is -2.89. The van der Waals surface area contributed by atoms with E-state index in [1.807, 2.05) is 19.1 Å². The smallest absolute Gasteiger partial charge is 0.101 e. The number of nitrogens with one attached hydrogen (secondary N) is 1. The standard InChI is InChI=1S/C13H12BrNOS/c1-10-2-6-12(7-3-10)17(15,16)13-8-4-11(14)5-9-13/h2-9,15H,1H3. The summed E-state index contributed by atoms with van der Waals surface area (Å²) >= 11 is 3.32. The van der Waals surface area contributed by atoms with E-state index in [4.69, 9.17) is 4.78 Å². The fraction of sp³-hybridized carbons (Fsp3) is 0.0769. The van der Waals surface area contributed by atoms with Gasteiger partial charge in [0.25, 0.3) is 0 Å². The molecule has 4 heteroatoms. The summed E-state index contributed by atoms with van der Waals surface area (Å²) in [6.07, 6.45) is 0. The van der Waals surface area contributed by atoms with Crippen LogP contribution >= 0.6 is 15.9 Å². The van der Waals surface area contributed by atoms with E-state index < -0.39 is 9.73 Å². The molecular weight excluding hydrogens is 298 g/mol. The summed E-state index contributed by atoms with van der Waals surface area (Å²) in [5, 5.41) is 0. The third-order valence-electron chi connectivity index (χ3n) is 2.50. The quantitative estimate of drug-likeness (QED) is 0.886. The Labute approximate surface area is 110 Å². The van der Waals surface area contributed by atoms with E-state index in [2.05, 4.69) is 15.9 Å². The van der Waals surface area contributed by atoms with E-state index in [9.17, 15) is 4.21 Å². The van der Waals surface area contributed by atoms with Gasteiger partial charge < -0.3 is 0 Å². The average Bonchev–Trinajstić information content (AvgIpc) is 2.30. The van der Waals surface area contributed by atoms with E-state index in [0.717, 1.165) is 10.0 Å². The van der Waals surface area contributed by atoms with Crippen LogP contribution in [0.4, 0.5) is 0 Å². The molecule has 0 aromatic heterocycles. The molecule has 0 heterocycles. The molecule has 2 aromatic rings. The number of hydrogen-bond acceptors (Lipinski definition) is 2. The van der Waals surface area contributed by atoms with Crippen molar-refractivity contribution in [2.45, 2.75) is 16.7 Å². The molecule has 2 nitrogen and oxygen atoms in total. The molecule has 0 saturated heterocycles. The Hall–Kier alpha value is -1.13. The first-order valence-electron chi connectivity index (χ1n) is 5.11. The number of benzene rings is 2. The molecule has 1 unspecified atom stereocenters. The molecule has 88 valence electrons. The lowest BCUT2D eigenvalue weighted by Crippen LogP contribution is -1.99. The van der Waals surface area contributed by atoms with Gasteiger partial charge in [-0.1, -0.05) is 33.6 Å². The first kappa shape index (κ1) is 12.3. The van der Waals surface area contributed by atoms with Crippen LogP contribution in [0.2, 0.25) is 0 Å². The van der Waals surface area contributed by atoms with Gasteiger partial charge in [0.15, 0.2) is 0 Å². The summed E-state index contributed by atoms with van der Waals surface area (Å²) in [6, 6.07) is 14.3. The molecule has 0 radical (unpaired) electrons. The zero-order chi connectivity index (χ0) is 12.5. The van der Waals surface area contributed by atoms with E-state index in [1.54, 1.807) is 36.4 Å². The van der Waals surface area contributed by atoms with Crippen molar-refractivity contribution in [3.8, 4) is 0 Å². The van der Waals surface area contributed by atoms with Crippen LogP contribution in [0.25, 0.3) is 0 Å². The summed E-state index contributed by atoms with van der Waals surface area (Å²) in [5.41, 5.74) is 1.10. The molecule has 1 atom stereocenters. The van der Waals surface area contributed by atoms with E-state index in [-0.39, 0.29) is 0 Å². The van der Waals surface area contributed by atoms with Crippen molar-refractivity contribution in [3.63, 3.8) is 0 Å². The minimum atomic E-state index is -2.89. The van der Waals surface area contributed by atoms with Crippen molar-refractivity contribution in [3.05, 3.63) is 58.6 Å². The molecule has 0 bridgehead atoms. The van der Waals surface area contributed by atoms with Gasteiger partial charge >= 0.3 is 0 Å². The number of aryl methyl sites for hydroxylation is 1. The Balaban J connectivity index is 2.50. The third-order valence-corrected chi connectivity index (χ3v) is 4.90. The maximum atomic E-state index is 12.5. The normalized spacial score (nSPS) is 14.2. The maximum absolute atomic E-state index is 12.5. The predicted octanol–water partition coefficient (Wildman–Crippen LogP) is 4.22. The second-order valence-corrected chi connectivity index (χ2v) is 6.79. The highest BCUT2D eigenvalue weighted by Gasteiger charge is 2.12. The van der Waals surface area contributed by atoms with Gasteiger partial charge in [-0.25, -0.2) is 8.99 Å².